The Bertz CT molecular complexity index is 1480. The fraction of sp³-hybridized carbons (Fsp3) is 0.583. The molecule has 0 spiro atoms. The van der Waals surface area contributed by atoms with E-state index in [9.17, 15) is 19.5 Å². The standard InChI is InChI=1S/C36H54N2O8Si2/c1-22(2)48(23(3)4,24(5)6)45-31-20-28-27(19-30(31)43-10)32(39)37-21-26(44-34(40)25-16-14-13-15-17-25)18-29(37)33(38(28)35(41)42)46-47(11,12)36(7,8)9/h13-17,19-20,22-24,26,29,33H,18,21H2,1-12H3,(H,41,42)/t26-,29-,33-/m0/s1. The highest BCUT2D eigenvalue weighted by atomic mass is 28.4. The van der Waals surface area contributed by atoms with Crippen molar-refractivity contribution in [3.05, 3.63) is 53.6 Å². The van der Waals surface area contributed by atoms with Gasteiger partial charge in [0, 0.05) is 12.5 Å². The van der Waals surface area contributed by atoms with Crippen LogP contribution in [0.3, 0.4) is 0 Å². The first kappa shape index (κ1) is 37.5. The predicted molar refractivity (Wildman–Crippen MR) is 192 cm³/mol. The van der Waals surface area contributed by atoms with E-state index in [0.29, 0.717) is 17.1 Å². The summed E-state index contributed by atoms with van der Waals surface area (Å²) in [5.41, 5.74) is 1.49. The minimum atomic E-state index is -2.63. The molecule has 1 fully saturated rings. The fourth-order valence-electron chi connectivity index (χ4n) is 7.20. The van der Waals surface area contributed by atoms with Gasteiger partial charge in [-0.3, -0.25) is 4.79 Å². The maximum Gasteiger partial charge on any atom is 0.414 e. The van der Waals surface area contributed by atoms with Crippen LogP contribution in [-0.2, 0) is 9.16 Å². The van der Waals surface area contributed by atoms with E-state index in [1.54, 1.807) is 41.3 Å². The van der Waals surface area contributed by atoms with E-state index < -0.39 is 47.1 Å². The second-order valence-corrected chi connectivity index (χ2v) is 25.6. The Kier molecular flexibility index (Phi) is 10.8. The SMILES string of the molecule is COc1cc2c(cc1O[Si](C(C)C)(C(C)C)C(C)C)N(C(=O)O)[C@@H](O[Si](C)(C)C(C)(C)C)[C@@H]1C[C@H](OC(=O)c3ccccc3)CN1C2=O. The number of amides is 2. The van der Waals surface area contributed by atoms with Gasteiger partial charge in [-0.1, -0.05) is 80.5 Å². The average Bonchev–Trinajstić information content (AvgIpc) is 3.38. The van der Waals surface area contributed by atoms with Crippen LogP contribution in [0.4, 0.5) is 10.5 Å². The average molecular weight is 699 g/mol. The van der Waals surface area contributed by atoms with Crippen LogP contribution in [0.2, 0.25) is 34.8 Å². The summed E-state index contributed by atoms with van der Waals surface area (Å²) in [6, 6.07) is 11.2. The highest BCUT2D eigenvalue weighted by molar-refractivity contribution is 6.78. The van der Waals surface area contributed by atoms with Gasteiger partial charge in [-0.25, -0.2) is 14.5 Å². The Hall–Kier alpha value is -3.36. The number of nitrogens with zero attached hydrogens (tertiary/aromatic N) is 2. The van der Waals surface area contributed by atoms with E-state index in [1.165, 1.54) is 12.0 Å². The molecule has 0 bridgehead atoms. The molecule has 2 aliphatic heterocycles. The molecule has 0 unspecified atom stereocenters. The third-order valence-corrected chi connectivity index (χ3v) is 21.1. The van der Waals surface area contributed by atoms with Crippen LogP contribution in [0.15, 0.2) is 42.5 Å². The van der Waals surface area contributed by atoms with Gasteiger partial charge in [-0.2, -0.15) is 0 Å². The molecule has 2 aliphatic rings. The highest BCUT2D eigenvalue weighted by Gasteiger charge is 2.53. The van der Waals surface area contributed by atoms with E-state index in [4.69, 9.17) is 18.3 Å². The molecule has 0 saturated carbocycles. The lowest BCUT2D eigenvalue weighted by Gasteiger charge is -2.44. The first-order chi connectivity index (χ1) is 22.3. The molecule has 2 aromatic carbocycles. The smallest absolute Gasteiger partial charge is 0.414 e. The number of hydrogen-bond donors (Lipinski definition) is 1. The third-order valence-electron chi connectivity index (χ3n) is 10.6. The molecule has 12 heteroatoms. The lowest BCUT2D eigenvalue weighted by atomic mass is 10.1. The molecule has 0 radical (unpaired) electrons. The van der Waals surface area contributed by atoms with Crippen LogP contribution >= 0.6 is 0 Å². The summed E-state index contributed by atoms with van der Waals surface area (Å²) in [4.78, 5) is 43.8. The summed E-state index contributed by atoms with van der Waals surface area (Å²) in [5.74, 6) is -0.107. The zero-order chi connectivity index (χ0) is 35.9. The van der Waals surface area contributed by atoms with Gasteiger partial charge in [-0.15, -0.1) is 0 Å². The first-order valence-corrected chi connectivity index (χ1v) is 22.0. The van der Waals surface area contributed by atoms with Crippen molar-refractivity contribution < 1.29 is 37.8 Å². The quantitative estimate of drug-likeness (QED) is 0.194. The lowest BCUT2D eigenvalue weighted by molar-refractivity contribution is 0.0314. The fourth-order valence-corrected chi connectivity index (χ4v) is 13.7. The number of methoxy groups -OCH3 is 1. The number of ether oxygens (including phenoxy) is 2. The van der Waals surface area contributed by atoms with Gasteiger partial charge in [0.1, 0.15) is 11.9 Å². The third kappa shape index (κ3) is 6.88. The maximum atomic E-state index is 14.5. The van der Waals surface area contributed by atoms with Gasteiger partial charge in [0.25, 0.3) is 14.2 Å². The van der Waals surface area contributed by atoms with Crippen LogP contribution in [0, 0.1) is 0 Å². The molecule has 1 saturated heterocycles. The Morgan fingerprint density at radius 3 is 2.02 bits per heavy atom. The monoisotopic (exact) mass is 698 g/mol. The predicted octanol–water partition coefficient (Wildman–Crippen LogP) is 8.54. The second-order valence-electron chi connectivity index (χ2n) is 15.5. The Labute approximate surface area is 287 Å². The molecule has 4 rings (SSSR count). The van der Waals surface area contributed by atoms with E-state index in [2.05, 4.69) is 75.4 Å². The molecule has 0 aliphatic carbocycles. The maximum absolute atomic E-state index is 14.5. The van der Waals surface area contributed by atoms with Gasteiger partial charge in [-0.05, 0) is 53.0 Å². The molecular formula is C36H54N2O8Si2. The Morgan fingerprint density at radius 2 is 1.52 bits per heavy atom. The van der Waals surface area contributed by atoms with E-state index >= 15 is 0 Å². The van der Waals surface area contributed by atoms with Gasteiger partial charge in [0.2, 0.25) is 0 Å². The molecule has 10 nitrogen and oxygen atoms in total. The zero-order valence-corrected chi connectivity index (χ0v) is 32.6. The number of fused-ring (bicyclic) bond motifs is 2. The van der Waals surface area contributed by atoms with Gasteiger partial charge < -0.3 is 28.3 Å². The number of hydrogen-bond acceptors (Lipinski definition) is 7. The Morgan fingerprint density at radius 1 is 0.938 bits per heavy atom. The Balaban J connectivity index is 1.89. The number of rotatable bonds is 10. The van der Waals surface area contributed by atoms with Gasteiger partial charge in [0.05, 0.1) is 36.5 Å². The van der Waals surface area contributed by atoms with Crippen molar-refractivity contribution in [2.45, 2.75) is 122 Å². The molecule has 2 aromatic rings. The first-order valence-electron chi connectivity index (χ1n) is 16.9. The zero-order valence-electron chi connectivity index (χ0n) is 30.6. The van der Waals surface area contributed by atoms with Crippen LogP contribution in [0.1, 0.15) is 89.5 Å². The van der Waals surface area contributed by atoms with Crippen LogP contribution in [0.25, 0.3) is 0 Å². The van der Waals surface area contributed by atoms with Crippen molar-refractivity contribution >= 4 is 40.3 Å². The van der Waals surface area contributed by atoms with E-state index in [0.717, 1.165) is 0 Å². The number of esters is 1. The molecule has 48 heavy (non-hydrogen) atoms. The van der Waals surface area contributed by atoms with E-state index in [-0.39, 0.29) is 51.8 Å². The molecule has 0 aromatic heterocycles. The van der Waals surface area contributed by atoms with Crippen molar-refractivity contribution in [3.63, 3.8) is 0 Å². The minimum absolute atomic E-state index is 0.0942. The van der Waals surface area contributed by atoms with E-state index in [1.807, 2.05) is 6.07 Å². The minimum Gasteiger partial charge on any atom is -0.540 e. The number of carbonyl (C=O) groups is 3. The number of carboxylic acid groups (broad SMARTS) is 1. The van der Waals surface area contributed by atoms with Crippen LogP contribution in [0.5, 0.6) is 11.5 Å². The van der Waals surface area contributed by atoms with Gasteiger partial charge in [0.15, 0.2) is 20.3 Å². The molecule has 3 atom stereocenters. The summed E-state index contributed by atoms with van der Waals surface area (Å²) >= 11 is 0. The summed E-state index contributed by atoms with van der Waals surface area (Å²) in [6.45, 7) is 23.5. The summed E-state index contributed by atoms with van der Waals surface area (Å²) in [6.07, 6.45) is -2.76. The van der Waals surface area contributed by atoms with Crippen molar-refractivity contribution in [2.75, 3.05) is 18.6 Å². The summed E-state index contributed by atoms with van der Waals surface area (Å²) < 4.78 is 25.7. The van der Waals surface area contributed by atoms with Gasteiger partial charge >= 0.3 is 12.1 Å². The molecule has 1 N–H and O–H groups in total. The number of carbonyl (C=O) groups excluding carboxylic acids is 2. The molecule has 2 amide bonds. The number of anilines is 1. The van der Waals surface area contributed by atoms with Crippen molar-refractivity contribution in [1.82, 2.24) is 4.90 Å². The summed E-state index contributed by atoms with van der Waals surface area (Å²) in [7, 11) is -3.61. The normalized spacial score (nSPS) is 20.1. The highest BCUT2D eigenvalue weighted by Crippen LogP contribution is 2.49. The van der Waals surface area contributed by atoms with Crippen molar-refractivity contribution in [3.8, 4) is 11.5 Å². The lowest BCUT2D eigenvalue weighted by Crippen LogP contribution is -2.57. The topological polar surface area (TPSA) is 115 Å². The molecule has 2 heterocycles. The van der Waals surface area contributed by atoms with Crippen molar-refractivity contribution in [2.24, 2.45) is 0 Å². The van der Waals surface area contributed by atoms with Crippen LogP contribution in [-0.4, -0.2) is 76.6 Å². The number of benzene rings is 2. The second kappa shape index (κ2) is 13.9. The molecule has 264 valence electrons. The van der Waals surface area contributed by atoms with Crippen LogP contribution < -0.4 is 14.1 Å². The summed E-state index contributed by atoms with van der Waals surface area (Å²) in [5, 5.41) is 10.7. The molecular weight excluding hydrogens is 645 g/mol. The largest absolute Gasteiger partial charge is 0.540 e. The van der Waals surface area contributed by atoms with Crippen molar-refractivity contribution in [1.29, 1.82) is 0 Å².